The topological polar surface area (TPSA) is 42.0 Å². The van der Waals surface area contributed by atoms with Crippen LogP contribution in [0.5, 0.6) is 11.5 Å². The fraction of sp³-hybridized carbons (Fsp3) is 0.238. The van der Waals surface area contributed by atoms with Crippen LogP contribution in [0.15, 0.2) is 41.3 Å². The Morgan fingerprint density at radius 2 is 1.93 bits per heavy atom. The summed E-state index contributed by atoms with van der Waals surface area (Å²) in [5, 5.41) is 0. The lowest BCUT2D eigenvalue weighted by atomic mass is 10.1. The van der Waals surface area contributed by atoms with E-state index in [1.807, 2.05) is 68.4 Å². The van der Waals surface area contributed by atoms with Crippen molar-refractivity contribution < 1.29 is 14.3 Å². The van der Waals surface area contributed by atoms with Gasteiger partial charge in [0.15, 0.2) is 15.8 Å². The molecule has 8 heteroatoms. The number of methoxy groups -OCH3 is 1. The number of ether oxygens (including phenoxy) is 2. The van der Waals surface area contributed by atoms with E-state index in [9.17, 15) is 4.79 Å². The van der Waals surface area contributed by atoms with Crippen LogP contribution in [-0.2, 0) is 4.79 Å². The third kappa shape index (κ3) is 4.70. The van der Waals surface area contributed by atoms with Crippen LogP contribution in [0.1, 0.15) is 12.5 Å². The molecule has 0 N–H and O–H groups in total. The Hall–Kier alpha value is -1.78. The molecule has 2 aromatic rings. The minimum absolute atomic E-state index is 0.125. The summed E-state index contributed by atoms with van der Waals surface area (Å²) >= 11 is 8.99. The summed E-state index contributed by atoms with van der Waals surface area (Å²) in [6.07, 6.45) is 1.84. The van der Waals surface area contributed by atoms with Gasteiger partial charge in [0.05, 0.1) is 27.9 Å². The fourth-order valence-electron chi connectivity index (χ4n) is 2.85. The molecule has 2 aromatic carbocycles. The summed E-state index contributed by atoms with van der Waals surface area (Å²) in [5.74, 6) is 1.22. The molecule has 152 valence electrons. The quantitative estimate of drug-likeness (QED) is 0.286. The van der Waals surface area contributed by atoms with Crippen LogP contribution in [0, 0.1) is 3.57 Å². The van der Waals surface area contributed by atoms with Crippen molar-refractivity contribution in [3.8, 4) is 11.5 Å². The Morgan fingerprint density at radius 1 is 1.24 bits per heavy atom. The van der Waals surface area contributed by atoms with Gasteiger partial charge in [-0.05, 0) is 77.6 Å². The van der Waals surface area contributed by atoms with E-state index in [-0.39, 0.29) is 5.91 Å². The maximum absolute atomic E-state index is 13.0. The van der Waals surface area contributed by atoms with Gasteiger partial charge in [-0.25, -0.2) is 0 Å². The molecule has 1 saturated heterocycles. The first-order chi connectivity index (χ1) is 13.8. The molecule has 1 amide bonds. The maximum Gasteiger partial charge on any atom is 0.270 e. The average Bonchev–Trinajstić information content (AvgIpc) is 2.97. The highest BCUT2D eigenvalue weighted by Crippen LogP contribution is 2.39. The summed E-state index contributed by atoms with van der Waals surface area (Å²) in [7, 11) is 5.56. The van der Waals surface area contributed by atoms with E-state index in [0.717, 1.165) is 20.5 Å². The molecule has 0 spiro atoms. The second kappa shape index (κ2) is 9.36. The highest BCUT2D eigenvalue weighted by Gasteiger charge is 2.33. The van der Waals surface area contributed by atoms with E-state index in [2.05, 4.69) is 22.6 Å². The van der Waals surface area contributed by atoms with Crippen molar-refractivity contribution in [1.29, 1.82) is 0 Å². The zero-order chi connectivity index (χ0) is 21.1. The average molecular weight is 540 g/mol. The van der Waals surface area contributed by atoms with Gasteiger partial charge < -0.3 is 14.4 Å². The number of amides is 1. The van der Waals surface area contributed by atoms with Crippen LogP contribution in [0.4, 0.5) is 11.4 Å². The molecule has 29 heavy (non-hydrogen) atoms. The lowest BCUT2D eigenvalue weighted by Crippen LogP contribution is -2.27. The molecular weight excluding hydrogens is 519 g/mol. The first-order valence-electron chi connectivity index (χ1n) is 8.91. The highest BCUT2D eigenvalue weighted by atomic mass is 127. The predicted octanol–water partition coefficient (Wildman–Crippen LogP) is 5.17. The van der Waals surface area contributed by atoms with Crippen molar-refractivity contribution in [3.63, 3.8) is 0 Å². The molecule has 0 unspecified atom stereocenters. The number of nitrogens with zero attached hydrogens (tertiary/aromatic N) is 2. The first kappa shape index (κ1) is 21.9. The van der Waals surface area contributed by atoms with E-state index in [1.165, 1.54) is 11.8 Å². The molecule has 0 atom stereocenters. The van der Waals surface area contributed by atoms with Gasteiger partial charge >= 0.3 is 0 Å². The Morgan fingerprint density at radius 3 is 2.52 bits per heavy atom. The number of hydrogen-bond acceptors (Lipinski definition) is 6. The zero-order valence-corrected chi connectivity index (χ0v) is 20.4. The van der Waals surface area contributed by atoms with Crippen LogP contribution in [0.3, 0.4) is 0 Å². The zero-order valence-electron chi connectivity index (χ0n) is 16.6. The minimum Gasteiger partial charge on any atom is -0.493 e. The molecule has 1 fully saturated rings. The summed E-state index contributed by atoms with van der Waals surface area (Å²) in [5.41, 5.74) is 2.68. The van der Waals surface area contributed by atoms with Gasteiger partial charge in [-0.2, -0.15) is 0 Å². The van der Waals surface area contributed by atoms with Gasteiger partial charge in [-0.1, -0.05) is 24.0 Å². The number of halogens is 1. The molecule has 1 aliphatic rings. The molecule has 0 aliphatic carbocycles. The Bertz CT molecular complexity index is 975. The molecule has 0 saturated carbocycles. The monoisotopic (exact) mass is 540 g/mol. The van der Waals surface area contributed by atoms with E-state index in [1.54, 1.807) is 12.0 Å². The smallest absolute Gasteiger partial charge is 0.270 e. The van der Waals surface area contributed by atoms with E-state index >= 15 is 0 Å². The van der Waals surface area contributed by atoms with Crippen molar-refractivity contribution in [2.45, 2.75) is 6.92 Å². The minimum atomic E-state index is -0.125. The normalized spacial score (nSPS) is 15.2. The number of anilines is 2. The van der Waals surface area contributed by atoms with Gasteiger partial charge in [-0.3, -0.25) is 9.69 Å². The number of thioether (sulfide) groups is 1. The highest BCUT2D eigenvalue weighted by molar-refractivity contribution is 14.1. The SMILES string of the molecule is CCOc1c(I)cc(/C=C2/SC(=S)N(c3ccc(N(C)C)cc3)C2=O)cc1OC. The summed E-state index contributed by atoms with van der Waals surface area (Å²) < 4.78 is 12.6. The maximum atomic E-state index is 13.0. The number of carbonyl (C=O) groups is 1. The Balaban J connectivity index is 1.91. The molecule has 0 radical (unpaired) electrons. The van der Waals surface area contributed by atoms with Crippen molar-refractivity contribution in [2.24, 2.45) is 0 Å². The van der Waals surface area contributed by atoms with Crippen molar-refractivity contribution >= 4 is 74.2 Å². The van der Waals surface area contributed by atoms with Gasteiger partial charge in [-0.15, -0.1) is 0 Å². The molecule has 1 aliphatic heterocycles. The van der Waals surface area contributed by atoms with Gasteiger partial charge in [0.25, 0.3) is 5.91 Å². The molecule has 3 rings (SSSR count). The predicted molar refractivity (Wildman–Crippen MR) is 133 cm³/mol. The third-order valence-corrected chi connectivity index (χ3v) is 6.36. The van der Waals surface area contributed by atoms with Crippen LogP contribution in [0.2, 0.25) is 0 Å². The number of benzene rings is 2. The molecule has 1 heterocycles. The first-order valence-corrected chi connectivity index (χ1v) is 11.2. The van der Waals surface area contributed by atoms with E-state index in [0.29, 0.717) is 27.3 Å². The molecular formula is C21H21IN2O3S2. The largest absolute Gasteiger partial charge is 0.493 e. The Kier molecular flexibility index (Phi) is 7.07. The van der Waals surface area contributed by atoms with Crippen LogP contribution >= 0.6 is 46.6 Å². The van der Waals surface area contributed by atoms with E-state index in [4.69, 9.17) is 21.7 Å². The molecule has 0 bridgehead atoms. The van der Waals surface area contributed by atoms with Crippen LogP contribution in [0.25, 0.3) is 6.08 Å². The lowest BCUT2D eigenvalue weighted by Gasteiger charge is -2.17. The number of carbonyl (C=O) groups excluding carboxylic acids is 1. The van der Waals surface area contributed by atoms with Gasteiger partial charge in [0.2, 0.25) is 0 Å². The lowest BCUT2D eigenvalue weighted by molar-refractivity contribution is -0.113. The number of rotatable bonds is 6. The standard InChI is InChI=1S/C21H21IN2O3S2/c1-5-27-19-16(22)10-13(11-17(19)26-4)12-18-20(25)24(21(28)29-18)15-8-6-14(7-9-15)23(2)3/h6-12H,5H2,1-4H3/b18-12+. The number of hydrogen-bond donors (Lipinski definition) is 0. The second-order valence-corrected chi connectivity index (χ2v) is 9.23. The van der Waals surface area contributed by atoms with Crippen molar-refractivity contribution in [1.82, 2.24) is 0 Å². The van der Waals surface area contributed by atoms with Crippen LogP contribution in [-0.4, -0.2) is 38.0 Å². The van der Waals surface area contributed by atoms with Crippen molar-refractivity contribution in [3.05, 3.63) is 50.4 Å². The Labute approximate surface area is 194 Å². The van der Waals surface area contributed by atoms with Crippen LogP contribution < -0.4 is 19.3 Å². The molecule has 5 nitrogen and oxygen atoms in total. The molecule has 0 aromatic heterocycles. The van der Waals surface area contributed by atoms with Gasteiger partial charge in [0, 0.05) is 19.8 Å². The van der Waals surface area contributed by atoms with Crippen molar-refractivity contribution in [2.75, 3.05) is 37.6 Å². The summed E-state index contributed by atoms with van der Waals surface area (Å²) in [6, 6.07) is 11.6. The van der Waals surface area contributed by atoms with E-state index < -0.39 is 0 Å². The number of thiocarbonyl (C=S) groups is 1. The summed E-state index contributed by atoms with van der Waals surface area (Å²) in [6.45, 7) is 2.48. The second-order valence-electron chi connectivity index (χ2n) is 6.40. The summed E-state index contributed by atoms with van der Waals surface area (Å²) in [4.78, 5) is 17.2. The van der Waals surface area contributed by atoms with Gasteiger partial charge in [0.1, 0.15) is 0 Å². The third-order valence-electron chi connectivity index (χ3n) is 4.26. The fourth-order valence-corrected chi connectivity index (χ4v) is 4.93.